The number of amides is 2. The van der Waals surface area contributed by atoms with E-state index in [1.165, 1.54) is 18.2 Å². The van der Waals surface area contributed by atoms with Gasteiger partial charge in [0, 0.05) is 18.9 Å². The van der Waals surface area contributed by atoms with Crippen LogP contribution in [-0.4, -0.2) is 22.8 Å². The molecule has 0 aromatic heterocycles. The summed E-state index contributed by atoms with van der Waals surface area (Å²) in [7, 11) is -2.67. The fourth-order valence-corrected chi connectivity index (χ4v) is 2.31. The van der Waals surface area contributed by atoms with Gasteiger partial charge in [-0.2, -0.15) is 8.39 Å². The van der Waals surface area contributed by atoms with Crippen LogP contribution in [0.3, 0.4) is 0 Å². The Morgan fingerprint density at radius 2 is 1.57 bits per heavy atom. The average molecular weight is 365 g/mol. The number of carbonyl (C=O) groups excluding carboxylic acids is 3. The first-order chi connectivity index (χ1) is 11.0. The highest BCUT2D eigenvalue weighted by Gasteiger charge is 2.32. The summed E-state index contributed by atoms with van der Waals surface area (Å²) in [5, 5.41) is 0.423. The van der Waals surface area contributed by atoms with Crippen LogP contribution in [0, 0.1) is 0 Å². The molecule has 0 saturated carbocycles. The molecule has 0 aliphatic carbocycles. The fourth-order valence-electron chi connectivity index (χ4n) is 1.90. The van der Waals surface area contributed by atoms with Gasteiger partial charge in [-0.1, -0.05) is 0 Å². The van der Waals surface area contributed by atoms with Crippen LogP contribution in [0.1, 0.15) is 18.4 Å². The molecule has 1 aliphatic rings. The Labute approximate surface area is 133 Å². The Balaban J connectivity index is 2.07. The predicted molar refractivity (Wildman–Crippen MR) is 77.4 cm³/mol. The summed E-state index contributed by atoms with van der Waals surface area (Å²) in [6, 6.07) is 3.95. The molecule has 1 saturated heterocycles. The summed E-state index contributed by atoms with van der Waals surface area (Å²) < 4.78 is 33.9. The van der Waals surface area contributed by atoms with E-state index < -0.39 is 36.0 Å². The molecule has 2 amide bonds. The first kappa shape index (κ1) is 17.5. The van der Waals surface area contributed by atoms with Gasteiger partial charge in [0.1, 0.15) is 11.5 Å². The van der Waals surface area contributed by atoms with E-state index in [1.807, 2.05) is 0 Å². The zero-order valence-electron chi connectivity index (χ0n) is 11.5. The molecule has 23 heavy (non-hydrogen) atoms. The van der Waals surface area contributed by atoms with E-state index in [0.29, 0.717) is 5.06 Å². The third-order valence-corrected chi connectivity index (χ3v) is 3.43. The van der Waals surface area contributed by atoms with E-state index in [4.69, 9.17) is 4.84 Å². The van der Waals surface area contributed by atoms with Crippen LogP contribution in [-0.2, 0) is 25.6 Å². The van der Waals surface area contributed by atoms with Crippen molar-refractivity contribution in [2.75, 3.05) is 0 Å². The summed E-state index contributed by atoms with van der Waals surface area (Å²) >= 11 is 0. The number of hydrogen-bond donors (Lipinski definition) is 0. The third kappa shape index (κ3) is 4.81. The minimum absolute atomic E-state index is 0.0116. The molecule has 0 radical (unpaired) electrons. The summed E-state index contributed by atoms with van der Waals surface area (Å²) in [4.78, 5) is 39.2. The highest BCUT2D eigenvalue weighted by Crippen LogP contribution is 2.31. The Bertz CT molecular complexity index is 589. The maximum Gasteiger partial charge on any atom is 0.337 e. The van der Waals surface area contributed by atoms with E-state index in [9.17, 15) is 22.8 Å². The van der Waals surface area contributed by atoms with Gasteiger partial charge in [-0.25, -0.2) is 4.79 Å². The monoisotopic (exact) mass is 365 g/mol. The lowest BCUT2D eigenvalue weighted by Crippen LogP contribution is -2.32. The first-order valence-electron chi connectivity index (χ1n) is 6.29. The van der Waals surface area contributed by atoms with Gasteiger partial charge in [0.15, 0.2) is 0 Å². The minimum atomic E-state index is -1.34. The molecule has 11 heteroatoms. The molecular weight excluding hydrogens is 354 g/mol. The van der Waals surface area contributed by atoms with Crippen LogP contribution >= 0.6 is 18.2 Å². The smallest absolute Gasteiger partial charge is 0.337 e. The largest absolute Gasteiger partial charge is 0.446 e. The zero-order chi connectivity index (χ0) is 16.8. The molecule has 0 bridgehead atoms. The van der Waals surface area contributed by atoms with Crippen molar-refractivity contribution in [3.8, 4) is 11.5 Å². The minimum Gasteiger partial charge on any atom is -0.446 e. The van der Waals surface area contributed by atoms with Crippen molar-refractivity contribution in [3.63, 3.8) is 0 Å². The fraction of sp³-hybridized carbons (Fsp3) is 0.250. The topological polar surface area (TPSA) is 82.1 Å². The highest BCUT2D eigenvalue weighted by molar-refractivity contribution is 7.26. The van der Waals surface area contributed by atoms with Gasteiger partial charge in [0.05, 0.1) is 6.42 Å². The quantitative estimate of drug-likeness (QED) is 0.546. The van der Waals surface area contributed by atoms with E-state index in [-0.39, 0.29) is 36.3 Å². The molecule has 2 atom stereocenters. The summed E-state index contributed by atoms with van der Waals surface area (Å²) in [5.74, 6) is -1.96. The van der Waals surface area contributed by atoms with E-state index in [1.54, 1.807) is 0 Å². The molecule has 0 spiro atoms. The van der Waals surface area contributed by atoms with Gasteiger partial charge in [-0.05, 0) is 17.7 Å². The van der Waals surface area contributed by atoms with Crippen LogP contribution < -0.4 is 9.05 Å². The number of benzene rings is 1. The van der Waals surface area contributed by atoms with Crippen molar-refractivity contribution < 1.29 is 36.7 Å². The van der Waals surface area contributed by atoms with Crippen molar-refractivity contribution in [1.29, 1.82) is 0 Å². The van der Waals surface area contributed by atoms with Gasteiger partial charge >= 0.3 is 5.97 Å². The van der Waals surface area contributed by atoms with Gasteiger partial charge in [0.2, 0.25) is 0 Å². The number of carbonyl (C=O) groups is 3. The molecule has 124 valence electrons. The Kier molecular flexibility index (Phi) is 6.19. The average Bonchev–Trinajstić information content (AvgIpc) is 2.79. The van der Waals surface area contributed by atoms with Gasteiger partial charge in [-0.15, -0.1) is 5.06 Å². The number of rotatable bonds is 7. The van der Waals surface area contributed by atoms with E-state index >= 15 is 0 Å². The van der Waals surface area contributed by atoms with Crippen LogP contribution in [0.25, 0.3) is 0 Å². The molecular formula is C12H11F2NO6P2. The van der Waals surface area contributed by atoms with E-state index in [2.05, 4.69) is 9.05 Å². The maximum absolute atomic E-state index is 12.3. The Morgan fingerprint density at radius 3 is 2.04 bits per heavy atom. The highest BCUT2D eigenvalue weighted by atomic mass is 31.1. The van der Waals surface area contributed by atoms with E-state index in [0.717, 1.165) is 0 Å². The molecule has 1 aromatic rings. The molecule has 1 fully saturated rings. The van der Waals surface area contributed by atoms with Crippen molar-refractivity contribution in [2.24, 2.45) is 0 Å². The molecule has 2 unspecified atom stereocenters. The van der Waals surface area contributed by atoms with Crippen molar-refractivity contribution >= 4 is 36.0 Å². The van der Waals surface area contributed by atoms with Gasteiger partial charge in [0.25, 0.3) is 30.1 Å². The van der Waals surface area contributed by atoms with Crippen LogP contribution in [0.15, 0.2) is 18.2 Å². The molecule has 7 nitrogen and oxygen atoms in total. The van der Waals surface area contributed by atoms with Crippen LogP contribution in [0.2, 0.25) is 0 Å². The summed E-state index contributed by atoms with van der Waals surface area (Å²) in [6.07, 6.45) is -0.361. The standard InChI is InChI=1S/C12H11F2NO6P2/c13-22-20-8-3-7(4-9(6-8)21-23-14)5-12(18)19-15-10(16)1-2-11(15)17/h3-4,6,22-23H,1-2,5H2. The van der Waals surface area contributed by atoms with Crippen LogP contribution in [0.5, 0.6) is 11.5 Å². The number of hydroxylamine groups is 2. The maximum atomic E-state index is 12.3. The first-order valence-corrected chi connectivity index (χ1v) is 7.86. The van der Waals surface area contributed by atoms with Gasteiger partial charge < -0.3 is 13.9 Å². The third-order valence-electron chi connectivity index (χ3n) is 2.80. The number of nitrogens with zero attached hydrogens (tertiary/aromatic N) is 1. The summed E-state index contributed by atoms with van der Waals surface area (Å²) in [6.45, 7) is 0. The van der Waals surface area contributed by atoms with Crippen molar-refractivity contribution in [1.82, 2.24) is 5.06 Å². The second-order valence-electron chi connectivity index (χ2n) is 4.39. The second kappa shape index (κ2) is 8.13. The lowest BCUT2D eigenvalue weighted by Gasteiger charge is -2.13. The number of hydrogen-bond acceptors (Lipinski definition) is 6. The number of imide groups is 1. The van der Waals surface area contributed by atoms with Gasteiger partial charge in [-0.3, -0.25) is 9.59 Å². The lowest BCUT2D eigenvalue weighted by atomic mass is 10.1. The lowest BCUT2D eigenvalue weighted by molar-refractivity contribution is -0.197. The second-order valence-corrected chi connectivity index (χ2v) is 5.11. The molecule has 1 aromatic carbocycles. The molecule has 2 rings (SSSR count). The molecule has 1 heterocycles. The normalized spacial score (nSPS) is 15.1. The number of halogens is 2. The Morgan fingerprint density at radius 1 is 1.04 bits per heavy atom. The van der Waals surface area contributed by atoms with Crippen molar-refractivity contribution in [2.45, 2.75) is 19.3 Å². The zero-order valence-corrected chi connectivity index (χ0v) is 13.5. The predicted octanol–water partition coefficient (Wildman–Crippen LogP) is 2.55. The van der Waals surface area contributed by atoms with Crippen molar-refractivity contribution in [3.05, 3.63) is 23.8 Å². The molecule has 0 N–H and O–H groups in total. The molecule has 1 aliphatic heterocycles. The Hall–Kier alpha value is -1.85. The summed E-state index contributed by atoms with van der Waals surface area (Å²) in [5.41, 5.74) is 0.290. The van der Waals surface area contributed by atoms with Crippen LogP contribution in [0.4, 0.5) is 8.39 Å². The SMILES string of the molecule is O=C(Cc1cc(OPF)cc(OPF)c1)ON1C(=O)CCC1=O.